The zero-order valence-corrected chi connectivity index (χ0v) is 17.6. The van der Waals surface area contributed by atoms with E-state index in [-0.39, 0.29) is 27.7 Å². The Morgan fingerprint density at radius 2 is 1.81 bits per heavy atom. The van der Waals surface area contributed by atoms with E-state index in [9.17, 15) is 23.5 Å². The van der Waals surface area contributed by atoms with Crippen LogP contribution in [0.3, 0.4) is 0 Å². The van der Waals surface area contributed by atoms with Crippen LogP contribution in [-0.4, -0.2) is 10.1 Å². The van der Waals surface area contributed by atoms with E-state index in [4.69, 9.17) is 16.0 Å². The molecule has 1 N–H and O–H groups in total. The van der Waals surface area contributed by atoms with Crippen molar-refractivity contribution in [3.05, 3.63) is 87.4 Å². The van der Waals surface area contributed by atoms with E-state index in [0.717, 1.165) is 29.0 Å². The summed E-state index contributed by atoms with van der Waals surface area (Å²) in [5.41, 5.74) is 0.657. The number of aliphatic hydroxyl groups is 1. The van der Waals surface area contributed by atoms with Crippen LogP contribution in [0.25, 0.3) is 33.9 Å². The summed E-state index contributed by atoms with van der Waals surface area (Å²) in [7, 11) is 0. The molecular weight excluding hydrogens is 461 g/mol. The third-order valence-electron chi connectivity index (χ3n) is 4.52. The van der Waals surface area contributed by atoms with Crippen LogP contribution < -0.4 is 0 Å². The van der Waals surface area contributed by atoms with E-state index in [1.165, 1.54) is 24.3 Å². The molecule has 160 valence electrons. The molecule has 0 radical (unpaired) electrons. The van der Waals surface area contributed by atoms with Crippen molar-refractivity contribution in [2.45, 2.75) is 6.18 Å². The summed E-state index contributed by atoms with van der Waals surface area (Å²) in [5.74, 6) is -0.393. The zero-order valence-electron chi connectivity index (χ0n) is 16.0. The fourth-order valence-corrected chi connectivity index (χ4v) is 3.89. The minimum Gasteiger partial charge on any atom is -0.503 e. The summed E-state index contributed by atoms with van der Waals surface area (Å²) in [4.78, 5) is 4.40. The van der Waals surface area contributed by atoms with E-state index in [1.54, 1.807) is 29.6 Å². The van der Waals surface area contributed by atoms with Gasteiger partial charge in [-0.25, -0.2) is 4.98 Å². The highest BCUT2D eigenvalue weighted by Gasteiger charge is 2.30. The standard InChI is InChI=1S/C23H12ClF3N2O2S/c24-16-6-4-13(5-7-16)18-12-32-22(29-18)17(11-28)21(30)20-9-8-19(31-20)14-2-1-3-15(10-14)23(25,26)27/h1-10,12,30H/b21-17-. The van der Waals surface area contributed by atoms with Crippen molar-refractivity contribution in [2.75, 3.05) is 0 Å². The second kappa shape index (κ2) is 8.54. The summed E-state index contributed by atoms with van der Waals surface area (Å²) in [6.45, 7) is 0. The Hall–Kier alpha value is -3.54. The van der Waals surface area contributed by atoms with Crippen molar-refractivity contribution in [3.8, 4) is 28.7 Å². The second-order valence-electron chi connectivity index (χ2n) is 6.62. The molecule has 9 heteroatoms. The molecule has 0 amide bonds. The highest BCUT2D eigenvalue weighted by Crippen LogP contribution is 2.35. The minimum atomic E-state index is -4.49. The van der Waals surface area contributed by atoms with Gasteiger partial charge in [0, 0.05) is 21.5 Å². The lowest BCUT2D eigenvalue weighted by atomic mass is 10.1. The topological polar surface area (TPSA) is 70.0 Å². The molecule has 4 aromatic rings. The number of rotatable bonds is 4. The van der Waals surface area contributed by atoms with Gasteiger partial charge in [0.25, 0.3) is 0 Å². The van der Waals surface area contributed by atoms with Crippen molar-refractivity contribution in [1.82, 2.24) is 4.98 Å². The lowest BCUT2D eigenvalue weighted by molar-refractivity contribution is -0.137. The number of benzene rings is 2. The summed E-state index contributed by atoms with van der Waals surface area (Å²) in [6, 6.07) is 16.4. The smallest absolute Gasteiger partial charge is 0.416 e. The summed E-state index contributed by atoms with van der Waals surface area (Å²) < 4.78 is 44.5. The Balaban J connectivity index is 1.67. The maximum atomic E-state index is 13.0. The first-order valence-corrected chi connectivity index (χ1v) is 10.3. The fraction of sp³-hybridized carbons (Fsp3) is 0.0435. The Bertz CT molecular complexity index is 1350. The van der Waals surface area contributed by atoms with Gasteiger partial charge in [0.05, 0.1) is 11.3 Å². The maximum Gasteiger partial charge on any atom is 0.416 e. The van der Waals surface area contributed by atoms with E-state index in [1.807, 2.05) is 6.07 Å². The molecule has 0 unspecified atom stereocenters. The van der Waals surface area contributed by atoms with Crippen molar-refractivity contribution in [1.29, 1.82) is 5.26 Å². The van der Waals surface area contributed by atoms with Crippen LogP contribution in [0.15, 0.2) is 70.5 Å². The summed E-state index contributed by atoms with van der Waals surface area (Å²) in [6.07, 6.45) is -4.49. The van der Waals surface area contributed by atoms with Crippen LogP contribution >= 0.6 is 22.9 Å². The van der Waals surface area contributed by atoms with Crippen LogP contribution in [0.1, 0.15) is 16.3 Å². The molecule has 2 heterocycles. The lowest BCUT2D eigenvalue weighted by Crippen LogP contribution is -2.04. The van der Waals surface area contributed by atoms with E-state index in [0.29, 0.717) is 10.7 Å². The van der Waals surface area contributed by atoms with Gasteiger partial charge in [-0.3, -0.25) is 0 Å². The molecular formula is C23H12ClF3N2O2S. The zero-order chi connectivity index (χ0) is 22.9. The number of allylic oxidation sites excluding steroid dienone is 1. The molecule has 32 heavy (non-hydrogen) atoms. The van der Waals surface area contributed by atoms with Gasteiger partial charge in [-0.2, -0.15) is 18.4 Å². The predicted molar refractivity (Wildman–Crippen MR) is 117 cm³/mol. The predicted octanol–water partition coefficient (Wildman–Crippen LogP) is 7.69. The quantitative estimate of drug-likeness (QED) is 0.244. The van der Waals surface area contributed by atoms with E-state index in [2.05, 4.69) is 4.98 Å². The first kappa shape index (κ1) is 21.7. The third kappa shape index (κ3) is 4.40. The lowest BCUT2D eigenvalue weighted by Gasteiger charge is -2.07. The van der Waals surface area contributed by atoms with Crippen LogP contribution in [0, 0.1) is 11.3 Å². The van der Waals surface area contributed by atoms with Crippen LogP contribution in [0.2, 0.25) is 5.02 Å². The Labute approximate surface area is 189 Å². The molecule has 0 saturated carbocycles. The number of nitrogens with zero attached hydrogens (tertiary/aromatic N) is 2. The summed E-state index contributed by atoms with van der Waals surface area (Å²) in [5, 5.41) is 22.8. The highest BCUT2D eigenvalue weighted by atomic mass is 35.5. The SMILES string of the molecule is N#C/C(=C(/O)c1ccc(-c2cccc(C(F)(F)F)c2)o1)c1nc(-c2ccc(Cl)cc2)cs1. The van der Waals surface area contributed by atoms with Gasteiger partial charge < -0.3 is 9.52 Å². The van der Waals surface area contributed by atoms with Crippen LogP contribution in [0.5, 0.6) is 0 Å². The molecule has 4 rings (SSSR count). The number of furan rings is 1. The molecule has 0 aliphatic rings. The molecule has 0 spiro atoms. The van der Waals surface area contributed by atoms with Crippen molar-refractivity contribution in [2.24, 2.45) is 0 Å². The average Bonchev–Trinajstić information content (AvgIpc) is 3.45. The molecule has 0 saturated heterocycles. The number of halogens is 4. The largest absolute Gasteiger partial charge is 0.503 e. The number of aromatic nitrogens is 1. The Morgan fingerprint density at radius 1 is 1.06 bits per heavy atom. The van der Waals surface area contributed by atoms with Gasteiger partial charge in [0.2, 0.25) is 0 Å². The molecule has 0 bridgehead atoms. The molecule has 0 aliphatic heterocycles. The van der Waals surface area contributed by atoms with Crippen LogP contribution in [0.4, 0.5) is 13.2 Å². The number of hydrogen-bond acceptors (Lipinski definition) is 5. The Kier molecular flexibility index (Phi) is 5.78. The van der Waals surface area contributed by atoms with Crippen molar-refractivity contribution in [3.63, 3.8) is 0 Å². The number of aliphatic hydroxyl groups excluding tert-OH is 1. The number of thiazole rings is 1. The maximum absolute atomic E-state index is 13.0. The fourth-order valence-electron chi connectivity index (χ4n) is 2.94. The number of alkyl halides is 3. The second-order valence-corrected chi connectivity index (χ2v) is 7.92. The number of nitriles is 1. The molecule has 0 atom stereocenters. The van der Waals surface area contributed by atoms with Crippen molar-refractivity contribution < 1.29 is 22.7 Å². The van der Waals surface area contributed by atoms with Gasteiger partial charge in [-0.15, -0.1) is 11.3 Å². The number of hydrogen-bond donors (Lipinski definition) is 1. The van der Waals surface area contributed by atoms with Gasteiger partial charge in [-0.1, -0.05) is 35.9 Å². The minimum absolute atomic E-state index is 0.0581. The van der Waals surface area contributed by atoms with E-state index < -0.39 is 17.5 Å². The molecule has 2 aromatic carbocycles. The third-order valence-corrected chi connectivity index (χ3v) is 5.63. The normalized spacial score (nSPS) is 12.3. The monoisotopic (exact) mass is 472 g/mol. The average molecular weight is 473 g/mol. The van der Waals surface area contributed by atoms with Gasteiger partial charge >= 0.3 is 6.18 Å². The summed E-state index contributed by atoms with van der Waals surface area (Å²) >= 11 is 7.06. The van der Waals surface area contributed by atoms with Gasteiger partial charge in [0.15, 0.2) is 11.5 Å². The van der Waals surface area contributed by atoms with Crippen molar-refractivity contribution >= 4 is 34.3 Å². The molecule has 0 aliphatic carbocycles. The Morgan fingerprint density at radius 3 is 2.50 bits per heavy atom. The first-order chi connectivity index (χ1) is 15.3. The van der Waals surface area contributed by atoms with E-state index >= 15 is 0 Å². The molecule has 2 aromatic heterocycles. The molecule has 4 nitrogen and oxygen atoms in total. The first-order valence-electron chi connectivity index (χ1n) is 9.09. The van der Waals surface area contributed by atoms with Gasteiger partial charge in [0.1, 0.15) is 22.4 Å². The molecule has 0 fully saturated rings. The highest BCUT2D eigenvalue weighted by molar-refractivity contribution is 7.11. The van der Waals surface area contributed by atoms with Crippen LogP contribution in [-0.2, 0) is 6.18 Å². The van der Waals surface area contributed by atoms with Gasteiger partial charge in [-0.05, 0) is 36.4 Å².